The average molecular weight is 197 g/mol. The van der Waals surface area contributed by atoms with Crippen molar-refractivity contribution < 1.29 is 49.4 Å². The molecule has 0 spiro atoms. The van der Waals surface area contributed by atoms with E-state index in [9.17, 15) is 0 Å². The van der Waals surface area contributed by atoms with Crippen LogP contribution < -0.4 is 12.4 Å². The van der Waals surface area contributed by atoms with Crippen LogP contribution in [0.3, 0.4) is 0 Å². The van der Waals surface area contributed by atoms with E-state index in [0.29, 0.717) is 0 Å². The predicted octanol–water partition coefficient (Wildman–Crippen LogP) is -4.34. The van der Waals surface area contributed by atoms with Crippen LogP contribution in [0.15, 0.2) is 0 Å². The van der Waals surface area contributed by atoms with Crippen molar-refractivity contribution in [2.45, 2.75) is 0 Å². The van der Waals surface area contributed by atoms with Crippen molar-refractivity contribution in [2.75, 3.05) is 0 Å². The number of halogens is 1. The van der Waals surface area contributed by atoms with Gasteiger partial charge in [0.2, 0.25) is 0 Å². The summed E-state index contributed by atoms with van der Waals surface area (Å²) in [5, 5.41) is 0. The van der Waals surface area contributed by atoms with Crippen LogP contribution in [0.2, 0.25) is 0 Å². The summed E-state index contributed by atoms with van der Waals surface area (Å²) in [5.41, 5.74) is 0. The predicted molar refractivity (Wildman–Crippen MR) is 10.5 cm³/mol. The summed E-state index contributed by atoms with van der Waals surface area (Å²) in [6.45, 7) is 0. The molecule has 0 atom stereocenters. The molecule has 0 rings (SSSR count). The summed E-state index contributed by atoms with van der Waals surface area (Å²) >= 11 is 0. The van der Waals surface area contributed by atoms with Crippen molar-refractivity contribution >= 4 is 10.4 Å². The first-order valence-corrected chi connectivity index (χ1v) is 2.00. The minimum absolute atomic E-state index is 0. The van der Waals surface area contributed by atoms with E-state index in [-0.39, 0.29) is 31.9 Å². The molecule has 0 aromatic rings. The van der Waals surface area contributed by atoms with Crippen LogP contribution in [0, 0.1) is 0 Å². The van der Waals surface area contributed by atoms with Gasteiger partial charge in [0.1, 0.15) is 0 Å². The summed E-state index contributed by atoms with van der Waals surface area (Å²) in [7, 11) is -5.17. The van der Waals surface area contributed by atoms with Crippen molar-refractivity contribution in [1.82, 2.24) is 0 Å². The molecule has 40 valence electrons. The molecule has 0 aliphatic rings. The van der Waals surface area contributed by atoms with Gasteiger partial charge in [-0.25, -0.2) is 0 Å². The van der Waals surface area contributed by atoms with E-state index in [1.807, 2.05) is 0 Å². The van der Waals surface area contributed by atoms with E-state index < -0.39 is 10.4 Å². The molecule has 4 nitrogen and oxygen atoms in total. The molecule has 0 heterocycles. The monoisotopic (exact) mass is 195 g/mol. The molecule has 0 saturated carbocycles. The second-order valence-corrected chi connectivity index (χ2v) is 1.22. The quantitative estimate of drug-likeness (QED) is 0.223. The SMILES string of the molecule is O=S(=O)([O-])[O-].[Cl-].[Zn+2]. The molecule has 0 unspecified atom stereocenters. The zero-order chi connectivity index (χ0) is 4.50. The molecular formula is ClO4SZn-. The first kappa shape index (κ1) is 15.7. The minimum Gasteiger partial charge on any atom is -1.00 e. The normalized spacial score (nSPS) is 8.29. The second-order valence-electron chi connectivity index (χ2n) is 0.408. The van der Waals surface area contributed by atoms with Crippen molar-refractivity contribution in [3.05, 3.63) is 0 Å². The summed E-state index contributed by atoms with van der Waals surface area (Å²) in [5.74, 6) is 0. The van der Waals surface area contributed by atoms with Gasteiger partial charge < -0.3 is 21.5 Å². The van der Waals surface area contributed by atoms with E-state index in [0.717, 1.165) is 0 Å². The van der Waals surface area contributed by atoms with Crippen molar-refractivity contribution in [3.63, 3.8) is 0 Å². The smallest absolute Gasteiger partial charge is 1.00 e. The van der Waals surface area contributed by atoms with Gasteiger partial charge in [0.15, 0.2) is 0 Å². The fourth-order valence-corrected chi connectivity index (χ4v) is 0. The van der Waals surface area contributed by atoms with Gasteiger partial charge in [-0.3, -0.25) is 8.42 Å². The van der Waals surface area contributed by atoms with Gasteiger partial charge >= 0.3 is 19.5 Å². The maximum atomic E-state index is 8.52. The van der Waals surface area contributed by atoms with Crippen LogP contribution in [0.25, 0.3) is 0 Å². The Morgan fingerprint density at radius 1 is 1.14 bits per heavy atom. The summed E-state index contributed by atoms with van der Waals surface area (Å²) in [6.07, 6.45) is 0. The van der Waals surface area contributed by atoms with Crippen LogP contribution in [0.4, 0.5) is 0 Å². The van der Waals surface area contributed by atoms with Crippen LogP contribution >= 0.6 is 0 Å². The van der Waals surface area contributed by atoms with E-state index in [4.69, 9.17) is 17.5 Å². The van der Waals surface area contributed by atoms with Crippen molar-refractivity contribution in [3.8, 4) is 0 Å². The Labute approximate surface area is 60.0 Å². The standard InChI is InChI=1S/ClH.H2O4S.Zn/c;1-5(2,3)4;/h1H;(H2,1,2,3,4);/q;;+2/p-3. The first-order valence-electron chi connectivity index (χ1n) is 0.667. The average Bonchev–Trinajstić information content (AvgIpc) is 0.722. The van der Waals surface area contributed by atoms with Gasteiger partial charge in [0.05, 0.1) is 0 Å². The number of rotatable bonds is 0. The van der Waals surface area contributed by atoms with Gasteiger partial charge in [0.25, 0.3) is 0 Å². The minimum atomic E-state index is -5.17. The van der Waals surface area contributed by atoms with Crippen LogP contribution in [-0.4, -0.2) is 17.5 Å². The molecule has 0 bridgehead atoms. The molecule has 0 amide bonds. The zero-order valence-electron chi connectivity index (χ0n) is 3.13. The van der Waals surface area contributed by atoms with Crippen molar-refractivity contribution in [2.24, 2.45) is 0 Å². The molecule has 0 radical (unpaired) electrons. The largest absolute Gasteiger partial charge is 2.00 e. The van der Waals surface area contributed by atoms with Crippen LogP contribution in [-0.2, 0) is 29.9 Å². The molecule has 0 saturated heterocycles. The Hall–Kier alpha value is 0.783. The van der Waals surface area contributed by atoms with E-state index in [2.05, 4.69) is 0 Å². The molecule has 0 aliphatic carbocycles. The Kier molecular flexibility index (Phi) is 11.0. The van der Waals surface area contributed by atoms with Gasteiger partial charge in [-0.05, 0) is 0 Å². The maximum Gasteiger partial charge on any atom is 2.00 e. The molecule has 0 aromatic carbocycles. The first-order chi connectivity index (χ1) is 2.00. The zero-order valence-corrected chi connectivity index (χ0v) is 7.67. The molecule has 0 aromatic heterocycles. The number of hydrogen-bond acceptors (Lipinski definition) is 4. The van der Waals surface area contributed by atoms with E-state index >= 15 is 0 Å². The molecule has 0 N–H and O–H groups in total. The number of hydrogen-bond donors (Lipinski definition) is 0. The van der Waals surface area contributed by atoms with Gasteiger partial charge in [0, 0.05) is 10.4 Å². The Bertz CT molecular complexity index is 94.9. The van der Waals surface area contributed by atoms with Crippen LogP contribution in [0.1, 0.15) is 0 Å². The molecule has 7 heavy (non-hydrogen) atoms. The third kappa shape index (κ3) is 253. The van der Waals surface area contributed by atoms with Crippen molar-refractivity contribution in [1.29, 1.82) is 0 Å². The molecular weight excluding hydrogens is 197 g/mol. The van der Waals surface area contributed by atoms with Gasteiger partial charge in [-0.15, -0.1) is 0 Å². The Balaban J connectivity index is -0.0000000800. The molecule has 7 heteroatoms. The van der Waals surface area contributed by atoms with Gasteiger partial charge in [-0.1, -0.05) is 0 Å². The molecule has 0 fully saturated rings. The molecule has 0 aliphatic heterocycles. The van der Waals surface area contributed by atoms with Gasteiger partial charge in [-0.2, -0.15) is 0 Å². The fraction of sp³-hybridized carbons (Fsp3) is 0. The third-order valence-corrected chi connectivity index (χ3v) is 0. The second kappa shape index (κ2) is 4.93. The topological polar surface area (TPSA) is 80.3 Å². The maximum absolute atomic E-state index is 8.52. The summed E-state index contributed by atoms with van der Waals surface area (Å²) in [4.78, 5) is 0. The summed E-state index contributed by atoms with van der Waals surface area (Å²) in [6, 6.07) is 0. The summed E-state index contributed by atoms with van der Waals surface area (Å²) < 4.78 is 34.1. The van der Waals surface area contributed by atoms with E-state index in [1.54, 1.807) is 0 Å². The Morgan fingerprint density at radius 2 is 1.14 bits per heavy atom. The Morgan fingerprint density at radius 3 is 1.14 bits per heavy atom. The van der Waals surface area contributed by atoms with E-state index in [1.165, 1.54) is 0 Å². The third-order valence-electron chi connectivity index (χ3n) is 0. The fourth-order valence-electron chi connectivity index (χ4n) is 0. The van der Waals surface area contributed by atoms with Crippen LogP contribution in [0.5, 0.6) is 0 Å².